The average molecular weight is 1030 g/mol. The first-order valence-electron chi connectivity index (χ1n) is 21.9. The van der Waals surface area contributed by atoms with Crippen LogP contribution in [0.3, 0.4) is 0 Å². The number of aliphatic hydroxyl groups is 19. The lowest BCUT2D eigenvalue weighted by atomic mass is 9.95. The Morgan fingerprint density at radius 1 is 0.500 bits per heavy atom. The van der Waals surface area contributed by atoms with Crippen molar-refractivity contribution in [1.82, 2.24) is 5.32 Å². The number of hydrogen-bond donors (Lipinski definition) is 20. The molecule has 0 aliphatic carbocycles. The maximum absolute atomic E-state index is 11.9. The van der Waals surface area contributed by atoms with Gasteiger partial charge in [0.15, 0.2) is 31.5 Å². The number of carbonyl (C=O) groups is 2. The van der Waals surface area contributed by atoms with Gasteiger partial charge in [-0.2, -0.15) is 0 Å². The Morgan fingerprint density at radius 2 is 0.900 bits per heavy atom. The van der Waals surface area contributed by atoms with E-state index in [1.165, 1.54) is 0 Å². The second-order valence-corrected chi connectivity index (χ2v) is 17.2. The van der Waals surface area contributed by atoms with Crippen LogP contribution in [-0.4, -0.2) is 327 Å². The number of rotatable bonds is 21. The molecule has 5 rings (SSSR count). The zero-order valence-corrected chi connectivity index (χ0v) is 37.0. The molecule has 5 aliphatic rings. The van der Waals surface area contributed by atoms with Gasteiger partial charge in [-0.15, -0.1) is 0 Å². The molecule has 0 spiro atoms. The van der Waals surface area contributed by atoms with Crippen molar-refractivity contribution in [2.45, 2.75) is 185 Å². The maximum atomic E-state index is 11.9. The van der Waals surface area contributed by atoms with E-state index >= 15 is 0 Å². The fourth-order valence-electron chi connectivity index (χ4n) is 8.19. The van der Waals surface area contributed by atoms with Crippen LogP contribution in [0.1, 0.15) is 6.92 Å². The first kappa shape index (κ1) is 58.9. The smallest absolute Gasteiger partial charge is 0.217 e. The minimum atomic E-state index is -2.38. The van der Waals surface area contributed by atoms with Crippen molar-refractivity contribution in [3.05, 3.63) is 0 Å². The number of aliphatic hydroxyl groups excluding tert-OH is 19. The fraction of sp³-hybridized carbons (Fsp3) is 0.947. The number of nitrogens with one attached hydrogen (secondary N) is 1. The van der Waals surface area contributed by atoms with E-state index in [0.29, 0.717) is 0 Å². The fourth-order valence-corrected chi connectivity index (χ4v) is 8.19. The second-order valence-electron chi connectivity index (χ2n) is 17.2. The number of ether oxygens (including phenoxy) is 10. The summed E-state index contributed by atoms with van der Waals surface area (Å²) in [5.74, 6) is -0.856. The van der Waals surface area contributed by atoms with Crippen LogP contribution in [0.5, 0.6) is 0 Å². The lowest BCUT2D eigenvalue weighted by molar-refractivity contribution is -0.394. The van der Waals surface area contributed by atoms with Gasteiger partial charge in [-0.1, -0.05) is 0 Å². The molecule has 0 radical (unpaired) electrons. The minimum Gasteiger partial charge on any atom is -0.394 e. The van der Waals surface area contributed by atoms with Gasteiger partial charge in [0.2, 0.25) is 5.91 Å². The third-order valence-corrected chi connectivity index (χ3v) is 12.3. The summed E-state index contributed by atoms with van der Waals surface area (Å²) in [5.41, 5.74) is 0. The molecule has 32 heteroatoms. The van der Waals surface area contributed by atoms with Crippen LogP contribution in [-0.2, 0) is 57.0 Å². The summed E-state index contributed by atoms with van der Waals surface area (Å²) in [6.45, 7) is -4.85. The van der Waals surface area contributed by atoms with Crippen molar-refractivity contribution < 1.29 is 154 Å². The molecule has 0 saturated carbocycles. The molecule has 408 valence electrons. The largest absolute Gasteiger partial charge is 0.394 e. The van der Waals surface area contributed by atoms with Gasteiger partial charge < -0.3 is 155 Å². The summed E-state index contributed by atoms with van der Waals surface area (Å²) in [5, 5.41) is 203. The van der Waals surface area contributed by atoms with E-state index in [2.05, 4.69) is 5.32 Å². The van der Waals surface area contributed by atoms with Crippen LogP contribution >= 0.6 is 0 Å². The third kappa shape index (κ3) is 13.1. The van der Waals surface area contributed by atoms with Crippen LogP contribution in [0.15, 0.2) is 0 Å². The monoisotopic (exact) mass is 1030 g/mol. The summed E-state index contributed by atoms with van der Waals surface area (Å²) in [4.78, 5) is 23.7. The summed E-state index contributed by atoms with van der Waals surface area (Å²) in [6.07, 6.45) is -56.0. The number of amides is 1. The molecule has 70 heavy (non-hydrogen) atoms. The van der Waals surface area contributed by atoms with E-state index in [9.17, 15) is 107 Å². The van der Waals surface area contributed by atoms with Gasteiger partial charge in [0, 0.05) is 6.92 Å². The van der Waals surface area contributed by atoms with Crippen molar-refractivity contribution in [1.29, 1.82) is 0 Å². The Bertz CT molecular complexity index is 1610. The quantitative estimate of drug-likeness (QED) is 0.0475. The molecule has 20 N–H and O–H groups in total. The molecule has 0 aromatic rings. The molecule has 29 atom stereocenters. The zero-order chi connectivity index (χ0) is 52.0. The molecule has 1 amide bonds. The molecule has 5 fully saturated rings. The molecule has 32 nitrogen and oxygen atoms in total. The Hall–Kier alpha value is -2.02. The molecule has 0 aromatic heterocycles. The predicted octanol–water partition coefficient (Wildman–Crippen LogP) is -14.1. The van der Waals surface area contributed by atoms with Crippen molar-refractivity contribution in [3.8, 4) is 0 Å². The summed E-state index contributed by atoms with van der Waals surface area (Å²) >= 11 is 0. The van der Waals surface area contributed by atoms with Crippen LogP contribution in [0.25, 0.3) is 0 Å². The Labute approximate surface area is 395 Å². The molecule has 5 saturated heterocycles. The lowest BCUT2D eigenvalue weighted by Gasteiger charge is -2.49. The van der Waals surface area contributed by atoms with E-state index in [4.69, 9.17) is 47.4 Å². The average Bonchev–Trinajstić information content (AvgIpc) is 3.34. The van der Waals surface area contributed by atoms with E-state index in [-0.39, 0.29) is 6.29 Å². The minimum absolute atomic E-state index is 0.0350. The van der Waals surface area contributed by atoms with Crippen molar-refractivity contribution >= 4 is 12.2 Å². The molecule has 5 heterocycles. The molecular formula is C38H65NO31. The van der Waals surface area contributed by atoms with Gasteiger partial charge in [-0.3, -0.25) is 4.79 Å². The van der Waals surface area contributed by atoms with E-state index in [1.54, 1.807) is 0 Å². The highest BCUT2D eigenvalue weighted by molar-refractivity contribution is 5.77. The lowest BCUT2D eigenvalue weighted by Crippen LogP contribution is -2.67. The van der Waals surface area contributed by atoms with Gasteiger partial charge >= 0.3 is 0 Å². The van der Waals surface area contributed by atoms with Crippen LogP contribution in [0, 0.1) is 0 Å². The van der Waals surface area contributed by atoms with Crippen LogP contribution in [0.4, 0.5) is 0 Å². The van der Waals surface area contributed by atoms with E-state index < -0.39 is 223 Å². The molecule has 0 aromatic carbocycles. The van der Waals surface area contributed by atoms with E-state index in [0.717, 1.165) is 6.92 Å². The molecule has 0 unspecified atom stereocenters. The predicted molar refractivity (Wildman–Crippen MR) is 212 cm³/mol. The van der Waals surface area contributed by atoms with Gasteiger partial charge in [0.05, 0.1) is 39.6 Å². The van der Waals surface area contributed by atoms with Crippen molar-refractivity contribution in [3.63, 3.8) is 0 Å². The standard InChI is InChI=1S/C38H65NO31/c1-9(45)39-10(2-40)17(47)31(11(46)3-41)68-37-30(60)32(69-38-33(26(56)20(50)14(6-44)65-38)70-36-29(59)24(54)19(49)13(5-43)64-36)22(52)16(67-37)8-62-35-28(58)25(55)21(51)15(66-35)7-61-34-27(57)23(53)18(48)12(4-42)63-34/h2,10-38,41-44,46-60H,3-8H2,1H3,(H,39,45)/t10-,11+,12+,13+,14+,15+,16+,17+,18+,19+,20+,21+,22+,23-,24-,25-,26-,27-,28-,29-,30-,31+,32-,33-,34-,35-,36+,37-,38+/m0/s1. The molecule has 0 bridgehead atoms. The van der Waals surface area contributed by atoms with Gasteiger partial charge in [0.1, 0.15) is 153 Å². The number of hydrogen-bond acceptors (Lipinski definition) is 31. The Kier molecular flexibility index (Phi) is 21.8. The SMILES string of the molecule is CC(=O)N[C@@H](C=O)[C@@H](O)[C@H](O[C@@H]1O[C@H](CO[C@H]2O[C@H](CO[C@H]3O[C@H](CO)[C@@H](O)[C@H](O)[C@@H]3O)[C@@H](O)[C@H](O)[C@@H]2O)[C@@H](O)[C@H](O[C@H]2O[C@H](CO)[C@@H](O)[C@H](O)[C@@H]2O[C@H]2O[C@H](CO)[C@@H](O)[C@H](O)[C@@H]2O)[C@@H]1O)[C@H](O)CO. The zero-order valence-electron chi connectivity index (χ0n) is 37.0. The second kappa shape index (κ2) is 26.0. The van der Waals surface area contributed by atoms with Gasteiger partial charge in [0.25, 0.3) is 0 Å². The highest BCUT2D eigenvalue weighted by Gasteiger charge is 2.56. The maximum Gasteiger partial charge on any atom is 0.217 e. The number of aldehydes is 1. The van der Waals surface area contributed by atoms with Crippen LogP contribution in [0.2, 0.25) is 0 Å². The first-order valence-corrected chi connectivity index (χ1v) is 21.9. The van der Waals surface area contributed by atoms with Gasteiger partial charge in [-0.05, 0) is 0 Å². The summed E-state index contributed by atoms with van der Waals surface area (Å²) < 4.78 is 55.9. The molecule has 5 aliphatic heterocycles. The molecular weight excluding hydrogens is 966 g/mol. The highest BCUT2D eigenvalue weighted by Crippen LogP contribution is 2.35. The summed E-state index contributed by atoms with van der Waals surface area (Å²) in [7, 11) is 0. The highest BCUT2D eigenvalue weighted by atomic mass is 16.8. The topological polar surface area (TPSA) is 523 Å². The van der Waals surface area contributed by atoms with Crippen LogP contribution < -0.4 is 5.32 Å². The number of carbonyl (C=O) groups excluding carboxylic acids is 2. The summed E-state index contributed by atoms with van der Waals surface area (Å²) in [6, 6.07) is -1.84. The van der Waals surface area contributed by atoms with E-state index in [1.807, 2.05) is 0 Å². The van der Waals surface area contributed by atoms with Gasteiger partial charge in [-0.25, -0.2) is 0 Å². The third-order valence-electron chi connectivity index (χ3n) is 12.3. The Balaban J connectivity index is 1.43. The van der Waals surface area contributed by atoms with Crippen molar-refractivity contribution in [2.24, 2.45) is 0 Å². The van der Waals surface area contributed by atoms with Crippen molar-refractivity contribution in [2.75, 3.05) is 39.6 Å². The Morgan fingerprint density at radius 3 is 1.37 bits per heavy atom. The normalized spacial score (nSPS) is 46.7. The first-order chi connectivity index (χ1) is 33.0.